The first kappa shape index (κ1) is 106. The number of Topliss-reactive ketones (excluding diaryl/α,β-unsaturated/α-hetero) is 5. The number of nitrogens with one attached hydrogen (secondary N) is 6. The van der Waals surface area contributed by atoms with E-state index < -0.39 is 162 Å². The van der Waals surface area contributed by atoms with Gasteiger partial charge < -0.3 is 147 Å². The van der Waals surface area contributed by atoms with E-state index in [2.05, 4.69) is 76.8 Å². The summed E-state index contributed by atoms with van der Waals surface area (Å²) >= 11 is 0. The fourth-order valence-corrected chi connectivity index (χ4v) is 12.1. The Bertz CT molecular complexity index is 3440. The first-order valence-corrected chi connectivity index (χ1v) is 39.6. The van der Waals surface area contributed by atoms with Crippen LogP contribution in [0.4, 0.5) is 0 Å². The molecule has 0 unspecified atom stereocenters. The van der Waals surface area contributed by atoms with Crippen molar-refractivity contribution in [2.45, 2.75) is 211 Å². The van der Waals surface area contributed by atoms with Gasteiger partial charge in [-0.05, 0) is 141 Å². The summed E-state index contributed by atoms with van der Waals surface area (Å²) in [5.74, 6) is -17.3. The van der Waals surface area contributed by atoms with Gasteiger partial charge in [-0.1, -0.05) is 13.8 Å². The lowest BCUT2D eigenvalue weighted by Crippen LogP contribution is -2.49. The maximum absolute atomic E-state index is 15.2. The van der Waals surface area contributed by atoms with E-state index >= 15 is 19.2 Å². The number of ketones is 5. The number of hydrogen-bond donors (Lipinski definition) is 26. The van der Waals surface area contributed by atoms with Crippen molar-refractivity contribution in [3.8, 4) is 0 Å². The van der Waals surface area contributed by atoms with E-state index in [4.69, 9.17) is 115 Å². The highest BCUT2D eigenvalue weighted by Crippen LogP contribution is 2.24. The van der Waals surface area contributed by atoms with Crippen LogP contribution in [-0.2, 0) is 57.5 Å². The third-order valence-corrected chi connectivity index (χ3v) is 18.3. The monoisotopic (exact) mass is 1670 g/mol. The Labute approximate surface area is 688 Å². The molecule has 0 aromatic rings. The second-order valence-electron chi connectivity index (χ2n) is 28.8. The second-order valence-corrected chi connectivity index (χ2v) is 28.8. The maximum atomic E-state index is 15.2. The molecule has 0 aliphatic heterocycles. The molecule has 46 N–H and O–H groups in total. The van der Waals surface area contributed by atoms with Crippen LogP contribution >= 0.6 is 0 Å². The number of nitrogens with two attached hydrogens (primary N) is 20. The van der Waals surface area contributed by atoms with Gasteiger partial charge in [-0.3, -0.25) is 102 Å². The van der Waals surface area contributed by atoms with E-state index in [9.17, 15) is 38.4 Å². The van der Waals surface area contributed by atoms with Crippen molar-refractivity contribution in [1.29, 1.82) is 0 Å². The van der Waals surface area contributed by atoms with E-state index in [0.29, 0.717) is 19.4 Å². The summed E-state index contributed by atoms with van der Waals surface area (Å²) in [5.41, 5.74) is 113. The Morgan fingerprint density at radius 3 is 0.636 bits per heavy atom. The van der Waals surface area contributed by atoms with E-state index in [1.54, 1.807) is 13.8 Å². The number of primary amides is 1. The molecule has 0 radical (unpaired) electrons. The van der Waals surface area contributed by atoms with Crippen LogP contribution in [0, 0.1) is 35.5 Å². The Morgan fingerprint density at radius 2 is 0.441 bits per heavy atom. The van der Waals surface area contributed by atoms with Crippen LogP contribution in [0.1, 0.15) is 181 Å². The zero-order valence-electron chi connectivity index (χ0n) is 68.5. The van der Waals surface area contributed by atoms with Gasteiger partial charge in [0.25, 0.3) is 0 Å². The number of nitrogens with zero attached hydrogens (tertiary/aromatic N) is 9. The van der Waals surface area contributed by atoms with Crippen LogP contribution in [0.5, 0.6) is 0 Å². The molecule has 47 nitrogen and oxygen atoms in total. The minimum atomic E-state index is -1.44. The molecule has 118 heavy (non-hydrogen) atoms. The molecule has 0 aromatic carbocycles. The third kappa shape index (κ3) is 52.5. The van der Waals surface area contributed by atoms with E-state index in [-0.39, 0.29) is 247 Å². The number of hydrogen-bond acceptors (Lipinski definition) is 22. The van der Waals surface area contributed by atoms with Gasteiger partial charge in [0, 0.05) is 127 Å². The van der Waals surface area contributed by atoms with Gasteiger partial charge in [0.2, 0.25) is 41.4 Å². The Morgan fingerprint density at radius 1 is 0.246 bits per heavy atom. The predicted octanol–water partition coefficient (Wildman–Crippen LogP) is -8.84. The third-order valence-electron chi connectivity index (χ3n) is 18.3. The SMILES string of the molecule is CC(C)C(=O)NCC(=O)C[C@H](CCCN=C(N)N)C(=O)N[C@H](CCCN=C(N)N)C(=O)C[C@H](CCCN=C(N)N)C(=O)N[C@H](CCCN=C(N)N)C(=O)C[C@H](CCCN=C(N)N)C(=O)N[C@H](CCCN=C(N)N)C(=O)C[C@H](CCCN=C(N)N)C(=O)N[C@H](CCCN=C(N)N)C(=O)C[C@H](CCCN=C(N)N)C(=O)N[C@H](CCCCN)C(N)=O. The average Bonchev–Trinajstić information content (AvgIpc) is 0.857. The maximum Gasteiger partial charge on any atom is 0.239 e. The van der Waals surface area contributed by atoms with Crippen LogP contribution in [0.3, 0.4) is 0 Å². The quantitative estimate of drug-likeness (QED) is 0.0153. The van der Waals surface area contributed by atoms with Crippen LogP contribution in [-0.4, -0.2) is 226 Å². The number of rotatable bonds is 68. The minimum Gasteiger partial charge on any atom is -0.370 e. The molecular formula is C71H137N35O12. The number of carbonyl (C=O) groups is 12. The van der Waals surface area contributed by atoms with Crippen LogP contribution in [0.15, 0.2) is 44.9 Å². The van der Waals surface area contributed by atoms with E-state index in [1.807, 2.05) is 0 Å². The zero-order valence-corrected chi connectivity index (χ0v) is 68.5. The molecule has 0 heterocycles. The van der Waals surface area contributed by atoms with Crippen molar-refractivity contribution < 1.29 is 57.5 Å². The van der Waals surface area contributed by atoms with Crippen LogP contribution in [0.2, 0.25) is 0 Å². The molecule has 7 amide bonds. The molecule has 668 valence electrons. The fraction of sp³-hybridized carbons (Fsp3) is 0.704. The first-order valence-electron chi connectivity index (χ1n) is 39.6. The molecule has 0 aromatic heterocycles. The summed E-state index contributed by atoms with van der Waals surface area (Å²) in [4.78, 5) is 208. The molecule has 0 aliphatic carbocycles. The summed E-state index contributed by atoms with van der Waals surface area (Å²) in [7, 11) is 0. The lowest BCUT2D eigenvalue weighted by atomic mass is 9.88. The van der Waals surface area contributed by atoms with Gasteiger partial charge in [-0.2, -0.15) is 0 Å². The number of guanidine groups is 9. The highest BCUT2D eigenvalue weighted by molar-refractivity contribution is 5.99. The van der Waals surface area contributed by atoms with Crippen molar-refractivity contribution in [1.82, 2.24) is 31.9 Å². The second kappa shape index (κ2) is 61.4. The first-order chi connectivity index (χ1) is 55.7. The molecule has 0 spiro atoms. The van der Waals surface area contributed by atoms with Crippen molar-refractivity contribution in [3.05, 3.63) is 0 Å². The molecule has 0 saturated heterocycles. The molecule has 0 rings (SSSR count). The minimum absolute atomic E-state index is 0.00364. The zero-order chi connectivity index (χ0) is 89.2. The number of amides is 7. The lowest BCUT2D eigenvalue weighted by Gasteiger charge is -2.27. The average molecular weight is 1670 g/mol. The van der Waals surface area contributed by atoms with Gasteiger partial charge in [-0.15, -0.1) is 0 Å². The van der Waals surface area contributed by atoms with E-state index in [1.165, 1.54) is 0 Å². The smallest absolute Gasteiger partial charge is 0.239 e. The number of unbranched alkanes of at least 4 members (excludes halogenated alkanes) is 1. The standard InChI is InChI=1S/C71H137N35O12/c1-40(2)57(113)101-39-46(107)34-41(14-5-25-92-63(74)75)58(114)102-47(20-10-30-97-68(84)85)52(108)35-42(15-6-26-93-64(76)77)59(115)103-48(21-11-31-98-69(86)87)53(109)36-43(16-7-27-94-65(78)79)60(116)104-49(22-12-32-99-70(88)89)54(110)37-44(17-8-28-95-66(80)81)61(117)105-50(23-13-33-100-71(90)91)55(111)38-45(18-9-29-96-67(82)83)62(118)106-51(56(73)112)19-3-4-24-72/h40-45,47-51H,3-39,72H2,1-2H3,(H2,73,112)(H,101,113)(H,102,114)(H,103,115)(H,104,116)(H,105,117)(H,106,118)(H4,74,75,92)(H4,76,77,93)(H4,78,79,94)(H4,80,81,95)(H4,82,83,96)(H4,84,85,97)(H4,86,87,98)(H4,88,89,99)(H4,90,91,100)/t41-,42-,43-,44-,45-,47+,48+,49+,50+,51+/m0/s1. The molecule has 0 fully saturated rings. The summed E-state index contributed by atoms with van der Waals surface area (Å²) < 4.78 is 0. The summed E-state index contributed by atoms with van der Waals surface area (Å²) in [6.07, 6.45) is -1.23. The van der Waals surface area contributed by atoms with Crippen molar-refractivity contribution >= 4 is 124 Å². The molecule has 10 atom stereocenters. The topological polar surface area (TPSA) is 909 Å². The van der Waals surface area contributed by atoms with Gasteiger partial charge in [-0.25, -0.2) is 0 Å². The van der Waals surface area contributed by atoms with Crippen molar-refractivity contribution in [3.63, 3.8) is 0 Å². The predicted molar refractivity (Wildman–Crippen MR) is 454 cm³/mol. The Hall–Kier alpha value is -12.0. The highest BCUT2D eigenvalue weighted by atomic mass is 16.2. The number of carbonyl (C=O) groups excluding carboxylic acids is 12. The van der Waals surface area contributed by atoms with Crippen molar-refractivity contribution in [2.75, 3.05) is 72.0 Å². The summed E-state index contributed by atoms with van der Waals surface area (Å²) in [5, 5.41) is 16.4. The molecule has 0 bridgehead atoms. The Balaban J connectivity index is 8.17. The molecular weight excluding hydrogens is 1540 g/mol. The number of aliphatic imine (C=N–C) groups is 9. The Kier molecular flexibility index (Phi) is 55.2. The van der Waals surface area contributed by atoms with Gasteiger partial charge in [0.1, 0.15) is 6.04 Å². The molecule has 0 saturated carbocycles. The largest absolute Gasteiger partial charge is 0.370 e. The van der Waals surface area contributed by atoms with Gasteiger partial charge in [0.05, 0.1) is 30.7 Å². The van der Waals surface area contributed by atoms with Crippen LogP contribution < -0.4 is 147 Å². The fourth-order valence-electron chi connectivity index (χ4n) is 12.1. The van der Waals surface area contributed by atoms with Gasteiger partial charge >= 0.3 is 0 Å². The lowest BCUT2D eigenvalue weighted by molar-refractivity contribution is -0.136. The van der Waals surface area contributed by atoms with Gasteiger partial charge in [0.15, 0.2) is 82.6 Å². The molecule has 0 aliphatic rings. The van der Waals surface area contributed by atoms with Crippen LogP contribution in [0.25, 0.3) is 0 Å². The summed E-state index contributed by atoms with van der Waals surface area (Å²) in [6, 6.07) is -6.69. The van der Waals surface area contributed by atoms with Crippen molar-refractivity contribution in [2.24, 2.45) is 195 Å². The highest BCUT2D eigenvalue weighted by Gasteiger charge is 2.37. The summed E-state index contributed by atoms with van der Waals surface area (Å²) in [6.45, 7) is 3.14. The van der Waals surface area contributed by atoms with E-state index in [0.717, 1.165) is 0 Å². The normalized spacial score (nSPS) is 13.4. The molecule has 47 heteroatoms.